The maximum absolute atomic E-state index is 12.1. The minimum absolute atomic E-state index is 0.0123. The van der Waals surface area contributed by atoms with Crippen LogP contribution in [0.3, 0.4) is 0 Å². The van der Waals surface area contributed by atoms with Gasteiger partial charge in [0.15, 0.2) is 0 Å². The Morgan fingerprint density at radius 3 is 2.76 bits per heavy atom. The van der Waals surface area contributed by atoms with E-state index < -0.39 is 0 Å². The molecule has 134 valence electrons. The molecule has 4 rings (SSSR count). The van der Waals surface area contributed by atoms with Crippen LogP contribution in [0, 0.1) is 5.92 Å². The van der Waals surface area contributed by atoms with Crippen molar-refractivity contribution in [3.8, 4) is 0 Å². The SMILES string of the molecule is CC(C)(C)c1ccc(=O)n(CC2CN(Cc3nnc4n3CCC4)C2)n1. The molecule has 2 aromatic rings. The van der Waals surface area contributed by atoms with Crippen LogP contribution in [-0.2, 0) is 31.5 Å². The van der Waals surface area contributed by atoms with Gasteiger partial charge >= 0.3 is 0 Å². The van der Waals surface area contributed by atoms with E-state index >= 15 is 0 Å². The van der Waals surface area contributed by atoms with Gasteiger partial charge in [-0.1, -0.05) is 20.8 Å². The van der Waals surface area contributed by atoms with Gasteiger partial charge in [-0.15, -0.1) is 10.2 Å². The quantitative estimate of drug-likeness (QED) is 0.835. The van der Waals surface area contributed by atoms with Crippen LogP contribution in [0.25, 0.3) is 0 Å². The summed E-state index contributed by atoms with van der Waals surface area (Å²) in [4.78, 5) is 14.5. The normalized spacial score (nSPS) is 18.4. The Morgan fingerprint density at radius 2 is 2.00 bits per heavy atom. The van der Waals surface area contributed by atoms with Crippen molar-refractivity contribution in [1.29, 1.82) is 0 Å². The van der Waals surface area contributed by atoms with Crippen LogP contribution < -0.4 is 5.56 Å². The number of aromatic nitrogens is 5. The molecule has 0 unspecified atom stereocenters. The molecule has 0 N–H and O–H groups in total. The smallest absolute Gasteiger partial charge is 0.266 e. The predicted octanol–water partition coefficient (Wildman–Crippen LogP) is 1.21. The van der Waals surface area contributed by atoms with Crippen LogP contribution >= 0.6 is 0 Å². The molecule has 0 bridgehead atoms. The third-order valence-electron chi connectivity index (χ3n) is 5.15. The maximum atomic E-state index is 12.1. The van der Waals surface area contributed by atoms with Crippen LogP contribution in [0.1, 0.15) is 44.5 Å². The molecule has 1 saturated heterocycles. The molecule has 0 amide bonds. The highest BCUT2D eigenvalue weighted by atomic mass is 16.1. The molecule has 0 spiro atoms. The lowest BCUT2D eigenvalue weighted by atomic mass is 9.92. The Balaban J connectivity index is 1.36. The fourth-order valence-corrected chi connectivity index (χ4v) is 3.67. The molecule has 2 aliphatic heterocycles. The largest absolute Gasteiger partial charge is 0.314 e. The molecular weight excluding hydrogens is 316 g/mol. The van der Waals surface area contributed by atoms with E-state index in [1.807, 2.05) is 6.07 Å². The molecule has 0 aliphatic carbocycles. The monoisotopic (exact) mass is 342 g/mol. The van der Waals surface area contributed by atoms with Gasteiger partial charge in [0.2, 0.25) is 0 Å². The summed E-state index contributed by atoms with van der Waals surface area (Å²) in [5.74, 6) is 2.68. The molecule has 0 saturated carbocycles. The molecule has 7 nitrogen and oxygen atoms in total. The third kappa shape index (κ3) is 3.25. The highest BCUT2D eigenvalue weighted by Crippen LogP contribution is 2.22. The summed E-state index contributed by atoms with van der Waals surface area (Å²) in [6.07, 6.45) is 2.23. The Labute approximate surface area is 147 Å². The molecule has 2 aliphatic rings. The highest BCUT2D eigenvalue weighted by Gasteiger charge is 2.30. The fraction of sp³-hybridized carbons (Fsp3) is 0.667. The molecule has 7 heteroatoms. The van der Waals surface area contributed by atoms with Crippen molar-refractivity contribution in [3.05, 3.63) is 39.8 Å². The van der Waals surface area contributed by atoms with E-state index in [-0.39, 0.29) is 11.0 Å². The van der Waals surface area contributed by atoms with Crippen molar-refractivity contribution in [2.24, 2.45) is 5.92 Å². The molecule has 0 aromatic carbocycles. The average molecular weight is 342 g/mol. The number of hydrogen-bond donors (Lipinski definition) is 0. The predicted molar refractivity (Wildman–Crippen MR) is 94.3 cm³/mol. The standard InChI is InChI=1S/C18H26N6O/c1-18(2,3)14-6-7-17(25)24(21-14)11-13-9-22(10-13)12-16-20-19-15-5-4-8-23(15)16/h6-7,13H,4-5,8-12H2,1-3H3. The van der Waals surface area contributed by atoms with Crippen LogP contribution in [0.5, 0.6) is 0 Å². The second-order valence-electron chi connectivity index (χ2n) is 8.34. The first-order chi connectivity index (χ1) is 11.9. The van der Waals surface area contributed by atoms with E-state index in [2.05, 4.69) is 45.5 Å². The van der Waals surface area contributed by atoms with E-state index in [0.717, 1.165) is 49.9 Å². The number of rotatable bonds is 4. The van der Waals surface area contributed by atoms with Crippen LogP contribution in [0.4, 0.5) is 0 Å². The minimum Gasteiger partial charge on any atom is -0.314 e. The van der Waals surface area contributed by atoms with Gasteiger partial charge in [0.1, 0.15) is 11.6 Å². The van der Waals surface area contributed by atoms with Crippen LogP contribution in [-0.4, -0.2) is 42.5 Å². The second-order valence-corrected chi connectivity index (χ2v) is 8.34. The van der Waals surface area contributed by atoms with Gasteiger partial charge in [0.05, 0.1) is 18.8 Å². The van der Waals surface area contributed by atoms with Crippen molar-refractivity contribution >= 4 is 0 Å². The molecule has 0 atom stereocenters. The van der Waals surface area contributed by atoms with Gasteiger partial charge in [0.25, 0.3) is 5.56 Å². The summed E-state index contributed by atoms with van der Waals surface area (Å²) in [7, 11) is 0. The zero-order valence-electron chi connectivity index (χ0n) is 15.3. The Bertz CT molecular complexity index is 825. The van der Waals surface area contributed by atoms with Gasteiger partial charge in [-0.2, -0.15) is 5.10 Å². The first-order valence-electron chi connectivity index (χ1n) is 9.12. The number of hydrogen-bond acceptors (Lipinski definition) is 5. The van der Waals surface area contributed by atoms with Gasteiger partial charge in [-0.05, 0) is 12.5 Å². The zero-order valence-corrected chi connectivity index (χ0v) is 15.3. The van der Waals surface area contributed by atoms with E-state index in [4.69, 9.17) is 0 Å². The maximum Gasteiger partial charge on any atom is 0.266 e. The molecule has 0 radical (unpaired) electrons. The lowest BCUT2D eigenvalue weighted by Crippen LogP contribution is -2.49. The third-order valence-corrected chi connectivity index (χ3v) is 5.15. The Hall–Kier alpha value is -2.02. The van der Waals surface area contributed by atoms with Gasteiger partial charge in [-0.3, -0.25) is 9.69 Å². The number of aryl methyl sites for hydroxylation is 1. The first-order valence-corrected chi connectivity index (χ1v) is 9.12. The van der Waals surface area contributed by atoms with Crippen molar-refractivity contribution in [1.82, 2.24) is 29.4 Å². The van der Waals surface area contributed by atoms with E-state index in [1.54, 1.807) is 10.7 Å². The summed E-state index contributed by atoms with van der Waals surface area (Å²) < 4.78 is 3.89. The summed E-state index contributed by atoms with van der Waals surface area (Å²) in [5.41, 5.74) is 0.902. The highest BCUT2D eigenvalue weighted by molar-refractivity contribution is 5.10. The average Bonchev–Trinajstić information content (AvgIpc) is 3.10. The van der Waals surface area contributed by atoms with Crippen molar-refractivity contribution in [3.63, 3.8) is 0 Å². The van der Waals surface area contributed by atoms with Crippen molar-refractivity contribution < 1.29 is 0 Å². The topological polar surface area (TPSA) is 68.8 Å². The van der Waals surface area contributed by atoms with Gasteiger partial charge < -0.3 is 4.57 Å². The van der Waals surface area contributed by atoms with Crippen LogP contribution in [0.2, 0.25) is 0 Å². The summed E-state index contributed by atoms with van der Waals surface area (Å²) in [6, 6.07) is 3.49. The lowest BCUT2D eigenvalue weighted by molar-refractivity contribution is 0.0725. The van der Waals surface area contributed by atoms with Crippen LogP contribution in [0.15, 0.2) is 16.9 Å². The van der Waals surface area contributed by atoms with E-state index in [9.17, 15) is 4.79 Å². The number of likely N-dealkylation sites (tertiary alicyclic amines) is 1. The molecule has 2 aromatic heterocycles. The molecule has 25 heavy (non-hydrogen) atoms. The molecule has 1 fully saturated rings. The fourth-order valence-electron chi connectivity index (χ4n) is 3.67. The number of fused-ring (bicyclic) bond motifs is 1. The van der Waals surface area contributed by atoms with E-state index in [1.165, 1.54) is 6.42 Å². The number of nitrogens with zero attached hydrogens (tertiary/aromatic N) is 6. The lowest BCUT2D eigenvalue weighted by Gasteiger charge is -2.39. The summed E-state index contributed by atoms with van der Waals surface area (Å²) in [5, 5.41) is 13.2. The minimum atomic E-state index is -0.0465. The molecule has 4 heterocycles. The summed E-state index contributed by atoms with van der Waals surface area (Å²) >= 11 is 0. The summed E-state index contributed by atoms with van der Waals surface area (Å²) in [6.45, 7) is 10.9. The van der Waals surface area contributed by atoms with Gasteiger partial charge in [0, 0.05) is 43.5 Å². The zero-order chi connectivity index (χ0) is 17.6. The molecular formula is C18H26N6O. The first kappa shape index (κ1) is 16.4. The van der Waals surface area contributed by atoms with E-state index in [0.29, 0.717) is 12.5 Å². The van der Waals surface area contributed by atoms with Gasteiger partial charge in [-0.25, -0.2) is 4.68 Å². The Kier molecular flexibility index (Phi) is 3.98. The van der Waals surface area contributed by atoms with Crippen molar-refractivity contribution in [2.45, 2.75) is 58.7 Å². The Morgan fingerprint density at radius 1 is 1.20 bits per heavy atom. The second kappa shape index (κ2) is 6.05. The van der Waals surface area contributed by atoms with Crippen molar-refractivity contribution in [2.75, 3.05) is 13.1 Å².